The highest BCUT2D eigenvalue weighted by Crippen LogP contribution is 2.47. The van der Waals surface area contributed by atoms with Crippen molar-refractivity contribution in [1.29, 1.82) is 0 Å². The summed E-state index contributed by atoms with van der Waals surface area (Å²) in [4.78, 5) is 24.4. The van der Waals surface area contributed by atoms with Crippen molar-refractivity contribution in [2.45, 2.75) is 12.5 Å². The first-order valence-electron chi connectivity index (χ1n) is 8.21. The Morgan fingerprint density at radius 2 is 1.73 bits per heavy atom. The van der Waals surface area contributed by atoms with Crippen LogP contribution < -0.4 is 21.6 Å². The second kappa shape index (κ2) is 6.16. The quantitative estimate of drug-likeness (QED) is 0.608. The Hall–Kier alpha value is -3.39. The lowest BCUT2D eigenvalue weighted by molar-refractivity contribution is -0.126. The first-order valence-corrected chi connectivity index (χ1v) is 8.21. The van der Waals surface area contributed by atoms with Gasteiger partial charge in [-0.2, -0.15) is 0 Å². The zero-order chi connectivity index (χ0) is 18.1. The molecule has 2 aromatic carbocycles. The fourth-order valence-electron chi connectivity index (χ4n) is 3.38. The Morgan fingerprint density at radius 1 is 1.12 bits per heavy atom. The van der Waals surface area contributed by atoms with E-state index in [1.54, 1.807) is 6.92 Å². The lowest BCUT2D eigenvalue weighted by Gasteiger charge is -2.36. The second-order valence-corrected chi connectivity index (χ2v) is 5.84. The zero-order valence-electron chi connectivity index (χ0n) is 14.0. The van der Waals surface area contributed by atoms with Crippen LogP contribution >= 0.6 is 0 Å². The number of carbonyl (C=O) groups excluding carboxylic acids is 2. The van der Waals surface area contributed by atoms with Gasteiger partial charge < -0.3 is 4.74 Å². The average Bonchev–Trinajstić information content (AvgIpc) is 2.95. The maximum absolute atomic E-state index is 13.1. The molecular formula is C18H17N5O3. The Labute approximate surface area is 149 Å². The third-order valence-electron chi connectivity index (χ3n) is 4.43. The molecule has 4 N–H and O–H groups in total. The van der Waals surface area contributed by atoms with Gasteiger partial charge in [-0.15, -0.1) is 5.10 Å². The molecule has 8 nitrogen and oxygen atoms in total. The van der Waals surface area contributed by atoms with E-state index in [0.29, 0.717) is 0 Å². The highest BCUT2D eigenvalue weighted by molar-refractivity contribution is 6.09. The van der Waals surface area contributed by atoms with E-state index in [2.05, 4.69) is 26.7 Å². The van der Waals surface area contributed by atoms with E-state index in [-0.39, 0.29) is 18.5 Å². The molecule has 2 aromatic rings. The summed E-state index contributed by atoms with van der Waals surface area (Å²) in [6.07, 6.45) is -0.701. The molecule has 2 amide bonds. The van der Waals surface area contributed by atoms with E-state index in [0.717, 1.165) is 22.3 Å². The van der Waals surface area contributed by atoms with E-state index >= 15 is 0 Å². The summed E-state index contributed by atoms with van der Waals surface area (Å²) < 4.78 is 4.73. The van der Waals surface area contributed by atoms with Crippen LogP contribution in [0.5, 0.6) is 0 Å². The van der Waals surface area contributed by atoms with Crippen LogP contribution in [-0.4, -0.2) is 24.6 Å². The smallest absolute Gasteiger partial charge is 0.427 e. The van der Waals surface area contributed by atoms with Crippen LogP contribution in [-0.2, 0) is 15.1 Å². The summed E-state index contributed by atoms with van der Waals surface area (Å²) >= 11 is 0. The summed E-state index contributed by atoms with van der Waals surface area (Å²) in [5.41, 5.74) is 10.8. The van der Waals surface area contributed by atoms with Gasteiger partial charge in [-0.05, 0) is 29.2 Å². The minimum absolute atomic E-state index is 0.0792. The fourth-order valence-corrected chi connectivity index (χ4v) is 3.38. The van der Waals surface area contributed by atoms with Gasteiger partial charge in [0.25, 0.3) is 5.91 Å². The molecule has 0 radical (unpaired) electrons. The number of nitrogens with one attached hydrogen (secondary N) is 4. The van der Waals surface area contributed by atoms with Crippen molar-refractivity contribution in [2.24, 2.45) is 5.10 Å². The Balaban J connectivity index is 1.68. The number of guanidine groups is 1. The number of hydrazone groups is 1. The number of rotatable bonds is 2. The molecule has 0 unspecified atom stereocenters. The first kappa shape index (κ1) is 16.1. The fraction of sp³-hybridized carbons (Fsp3) is 0.167. The number of amides is 2. The number of hydrazine groups is 1. The molecule has 0 aromatic heterocycles. The molecule has 0 bridgehead atoms. The monoisotopic (exact) mass is 351 g/mol. The maximum Gasteiger partial charge on any atom is 0.427 e. The van der Waals surface area contributed by atoms with Crippen molar-refractivity contribution < 1.29 is 14.3 Å². The van der Waals surface area contributed by atoms with Gasteiger partial charge in [0, 0.05) is 0 Å². The topological polar surface area (TPSA) is 104 Å². The molecule has 26 heavy (non-hydrogen) atoms. The molecule has 1 saturated heterocycles. The molecule has 1 heterocycles. The first-order chi connectivity index (χ1) is 12.7. The summed E-state index contributed by atoms with van der Waals surface area (Å²) in [5, 5.41) is 6.50. The Morgan fingerprint density at radius 3 is 2.31 bits per heavy atom. The van der Waals surface area contributed by atoms with Crippen LogP contribution in [0.4, 0.5) is 4.79 Å². The van der Waals surface area contributed by atoms with Gasteiger partial charge in [-0.1, -0.05) is 48.5 Å². The Bertz CT molecular complexity index is 879. The summed E-state index contributed by atoms with van der Waals surface area (Å²) in [6.45, 7) is 1.92. The molecule has 1 fully saturated rings. The molecule has 1 spiro atoms. The van der Waals surface area contributed by atoms with Gasteiger partial charge >= 0.3 is 6.09 Å². The Kier molecular flexibility index (Phi) is 3.81. The molecule has 1 aliphatic heterocycles. The molecule has 0 atom stereocenters. The SMILES string of the molecule is CCOC(=O)N/N=C1/NNC2(C(=O)N1)c1ccccc1-c1ccccc12. The van der Waals surface area contributed by atoms with Gasteiger partial charge in [0.05, 0.1) is 6.61 Å². The largest absolute Gasteiger partial charge is 0.449 e. The van der Waals surface area contributed by atoms with Crippen molar-refractivity contribution in [2.75, 3.05) is 6.61 Å². The second-order valence-electron chi connectivity index (χ2n) is 5.84. The minimum Gasteiger partial charge on any atom is -0.449 e. The lowest BCUT2D eigenvalue weighted by Crippen LogP contribution is -2.69. The van der Waals surface area contributed by atoms with E-state index in [4.69, 9.17) is 4.74 Å². The molecular weight excluding hydrogens is 334 g/mol. The van der Waals surface area contributed by atoms with Crippen LogP contribution in [0, 0.1) is 0 Å². The highest BCUT2D eigenvalue weighted by atomic mass is 16.5. The van der Waals surface area contributed by atoms with Crippen LogP contribution in [0.3, 0.4) is 0 Å². The van der Waals surface area contributed by atoms with Crippen molar-refractivity contribution in [3.05, 3.63) is 59.7 Å². The number of hydrogen-bond donors (Lipinski definition) is 4. The van der Waals surface area contributed by atoms with E-state index in [9.17, 15) is 9.59 Å². The number of hydrogen-bond acceptors (Lipinski definition) is 5. The molecule has 4 rings (SSSR count). The molecule has 1 aliphatic carbocycles. The molecule has 8 heteroatoms. The van der Waals surface area contributed by atoms with Crippen LogP contribution in [0.2, 0.25) is 0 Å². The number of carbonyl (C=O) groups is 2. The van der Waals surface area contributed by atoms with Crippen LogP contribution in [0.25, 0.3) is 11.1 Å². The average molecular weight is 351 g/mol. The third-order valence-corrected chi connectivity index (χ3v) is 4.43. The number of fused-ring (bicyclic) bond motifs is 5. The van der Waals surface area contributed by atoms with E-state index in [1.807, 2.05) is 48.5 Å². The van der Waals surface area contributed by atoms with Crippen molar-refractivity contribution >= 4 is 18.0 Å². The van der Waals surface area contributed by atoms with E-state index < -0.39 is 11.6 Å². The summed E-state index contributed by atoms with van der Waals surface area (Å²) in [7, 11) is 0. The number of ether oxygens (including phenoxy) is 1. The molecule has 132 valence electrons. The number of benzene rings is 2. The molecule has 2 aliphatic rings. The summed E-state index contributed by atoms with van der Waals surface area (Å²) in [5.74, 6) is -0.214. The van der Waals surface area contributed by atoms with Crippen molar-refractivity contribution in [1.82, 2.24) is 21.6 Å². The van der Waals surface area contributed by atoms with Gasteiger partial charge in [0.2, 0.25) is 5.96 Å². The van der Waals surface area contributed by atoms with Crippen LogP contribution in [0.1, 0.15) is 18.1 Å². The molecule has 0 saturated carbocycles. The van der Waals surface area contributed by atoms with Gasteiger partial charge in [0.15, 0.2) is 5.54 Å². The van der Waals surface area contributed by atoms with Gasteiger partial charge in [-0.3, -0.25) is 15.5 Å². The van der Waals surface area contributed by atoms with Gasteiger partial charge in [-0.25, -0.2) is 15.6 Å². The standard InChI is InChI=1S/C18H17N5O3/c1-2-26-17(25)22-20-16-19-15(24)18(23-21-16)13-9-5-3-7-11(13)12-8-4-6-10-14(12)18/h3-10,23H,2H2,1H3,(H,22,25)(H2,19,20,21,24). The highest BCUT2D eigenvalue weighted by Gasteiger charge is 2.51. The third kappa shape index (κ3) is 2.31. The van der Waals surface area contributed by atoms with Gasteiger partial charge in [0.1, 0.15) is 0 Å². The summed E-state index contributed by atoms with van der Waals surface area (Å²) in [6, 6.07) is 15.5. The van der Waals surface area contributed by atoms with Crippen molar-refractivity contribution in [3.8, 4) is 11.1 Å². The predicted octanol–water partition coefficient (Wildman–Crippen LogP) is 1.15. The number of nitrogens with zero attached hydrogens (tertiary/aromatic N) is 1. The minimum atomic E-state index is -1.07. The predicted molar refractivity (Wildman–Crippen MR) is 94.7 cm³/mol. The van der Waals surface area contributed by atoms with E-state index in [1.165, 1.54) is 0 Å². The maximum atomic E-state index is 13.1. The lowest BCUT2D eigenvalue weighted by atomic mass is 9.86. The van der Waals surface area contributed by atoms with Crippen LogP contribution in [0.15, 0.2) is 53.6 Å². The zero-order valence-corrected chi connectivity index (χ0v) is 14.0. The normalized spacial score (nSPS) is 17.9. The van der Waals surface area contributed by atoms with Crippen molar-refractivity contribution in [3.63, 3.8) is 0 Å².